The number of ketones is 1. The number of phosphoric ester groups is 4. The Labute approximate surface area is 576 Å². The molecule has 6 aromatic rings. The van der Waals surface area contributed by atoms with Crippen LogP contribution in [0.2, 0.25) is 0 Å². The first kappa shape index (κ1) is 80.3. The quantitative estimate of drug-likeness (QED) is 0.00254. The molecular formula is C49H65N17O33P4-2. The van der Waals surface area contributed by atoms with Crippen LogP contribution in [0.25, 0.3) is 32.8 Å². The first-order valence-corrected chi connectivity index (χ1v) is 35.6. The van der Waals surface area contributed by atoms with Crippen molar-refractivity contribution in [3.8, 4) is 0 Å². The Bertz CT molecular complexity index is 4140. The molecule has 20 atom stereocenters. The molecule has 0 spiro atoms. The van der Waals surface area contributed by atoms with E-state index in [0.29, 0.717) is 0 Å². The highest BCUT2D eigenvalue weighted by Gasteiger charge is 2.53. The third kappa shape index (κ3) is 20.7. The Morgan fingerprint density at radius 3 is 1.48 bits per heavy atom. The highest BCUT2D eigenvalue weighted by atomic mass is 31.3. The molecule has 1 amide bonds. The SMILES string of the molecule is CC(=O)c1ccc[n+]([C@H]2O[C@@H](OP(=O)([O-])OP(=O)([O-])OC[C@H]3O[C@@H](n4cnc5c(NOCCOCCN=[N+]=[N-])ncnc54)C(O)C3O)C(O)C2O)c1.NOCCOCCONc1ncnc2c1ncn2[C@@H]1O[C@H](COP(=O)([O-])OP(=O)([O-])O[C@@H]2O[C@H]([n+]3cccc(C(N)=O)c3)C(O)C2O)C(O)C1O. The Hall–Kier alpha value is -6.75. The van der Waals surface area contributed by atoms with Gasteiger partial charge in [-0.05, 0) is 24.6 Å². The number of amides is 1. The summed E-state index contributed by atoms with van der Waals surface area (Å²) in [6.45, 7) is 0.504. The Morgan fingerprint density at radius 1 is 0.602 bits per heavy atom. The zero-order valence-corrected chi connectivity index (χ0v) is 56.4. The number of carbonyl (C=O) groups excluding carboxylic acids is 2. The summed E-state index contributed by atoms with van der Waals surface area (Å²) >= 11 is 0. The summed E-state index contributed by atoms with van der Waals surface area (Å²) in [6.07, 6.45) is -17.9. The second-order valence-corrected chi connectivity index (χ2v) is 27.5. The van der Waals surface area contributed by atoms with E-state index in [0.717, 1.165) is 23.4 Å². The van der Waals surface area contributed by atoms with Crippen LogP contribution in [0.4, 0.5) is 11.6 Å². The Kier molecular flexibility index (Phi) is 27.7. The molecule has 0 aromatic carbocycles. The van der Waals surface area contributed by atoms with Crippen LogP contribution >= 0.6 is 31.3 Å². The molecule has 54 heteroatoms. The predicted octanol–water partition coefficient (Wildman–Crippen LogP) is -6.78. The lowest BCUT2D eigenvalue weighted by atomic mass is 10.1. The topological polar surface area (TPSA) is 715 Å². The average Bonchev–Trinajstić information content (AvgIpc) is 1.64. The molecule has 10 rings (SSSR count). The smallest absolute Gasteiger partial charge is 0.294 e. The second kappa shape index (κ2) is 35.6. The van der Waals surface area contributed by atoms with Crippen molar-refractivity contribution < 1.29 is 167 Å². The summed E-state index contributed by atoms with van der Waals surface area (Å²) < 4.78 is 113. The molecule has 6 aromatic heterocycles. The first-order chi connectivity index (χ1) is 48.9. The normalized spacial score (nSPS) is 28.6. The molecule has 12 unspecified atom stereocenters. The van der Waals surface area contributed by atoms with Crippen LogP contribution in [0, 0.1) is 0 Å². The zero-order valence-electron chi connectivity index (χ0n) is 52.8. The van der Waals surface area contributed by atoms with Gasteiger partial charge < -0.3 is 99.0 Å². The van der Waals surface area contributed by atoms with Crippen LogP contribution in [-0.4, -0.2) is 231 Å². The van der Waals surface area contributed by atoms with Gasteiger partial charge in [-0.1, -0.05) is 5.11 Å². The van der Waals surface area contributed by atoms with Gasteiger partial charge in [-0.15, -0.1) is 0 Å². The van der Waals surface area contributed by atoms with Crippen LogP contribution in [0.1, 0.15) is 52.6 Å². The number of rotatable bonds is 36. The van der Waals surface area contributed by atoms with Crippen molar-refractivity contribution in [2.75, 3.05) is 77.0 Å². The highest BCUT2D eigenvalue weighted by Crippen LogP contribution is 2.59. The van der Waals surface area contributed by atoms with Gasteiger partial charge in [0.05, 0.1) is 77.7 Å². The van der Waals surface area contributed by atoms with Crippen molar-refractivity contribution in [3.63, 3.8) is 0 Å². The molecule has 4 saturated heterocycles. The monoisotopic (exact) mass is 1540 g/mol. The van der Waals surface area contributed by atoms with Crippen LogP contribution in [0.3, 0.4) is 0 Å². The molecule has 4 aliphatic rings. The molecule has 4 fully saturated rings. The number of primary amides is 1. The van der Waals surface area contributed by atoms with Crippen molar-refractivity contribution in [1.82, 2.24) is 39.0 Å². The summed E-state index contributed by atoms with van der Waals surface area (Å²) in [5, 5.41) is 87.3. The third-order valence-corrected chi connectivity index (χ3v) is 19.7. The molecule has 103 heavy (non-hydrogen) atoms. The largest absolute Gasteiger partial charge is 0.756 e. The van der Waals surface area contributed by atoms with Gasteiger partial charge in [0.15, 0.2) is 89.2 Å². The number of carbonyl (C=O) groups is 2. The number of aliphatic hydroxyl groups excluding tert-OH is 8. The number of imidazole rings is 2. The van der Waals surface area contributed by atoms with Gasteiger partial charge in [-0.2, -0.15) is 9.13 Å². The van der Waals surface area contributed by atoms with Gasteiger partial charge in [-0.25, -0.2) is 55.4 Å². The van der Waals surface area contributed by atoms with Gasteiger partial charge in [0, 0.05) is 23.6 Å². The van der Waals surface area contributed by atoms with Crippen LogP contribution in [0.5, 0.6) is 0 Å². The van der Waals surface area contributed by atoms with Crippen LogP contribution in [-0.2, 0) is 87.9 Å². The number of nitrogens with zero attached hydrogens (tertiary/aromatic N) is 13. The average molecular weight is 1540 g/mol. The van der Waals surface area contributed by atoms with Gasteiger partial charge in [0.1, 0.15) is 67.0 Å². The number of ether oxygens (including phenoxy) is 6. The van der Waals surface area contributed by atoms with E-state index in [9.17, 15) is 88.3 Å². The molecular weight excluding hydrogens is 1480 g/mol. The van der Waals surface area contributed by atoms with Gasteiger partial charge in [0.25, 0.3) is 49.7 Å². The van der Waals surface area contributed by atoms with E-state index >= 15 is 0 Å². The number of pyridine rings is 2. The summed E-state index contributed by atoms with van der Waals surface area (Å²) in [4.78, 5) is 115. The fourth-order valence-electron chi connectivity index (χ4n) is 9.81. The highest BCUT2D eigenvalue weighted by molar-refractivity contribution is 7.60. The molecule has 566 valence electrons. The summed E-state index contributed by atoms with van der Waals surface area (Å²) in [5.41, 5.74) is 19.3. The third-order valence-electron chi connectivity index (χ3n) is 14.7. The maximum atomic E-state index is 12.5. The van der Waals surface area contributed by atoms with E-state index < -0.39 is 149 Å². The van der Waals surface area contributed by atoms with Gasteiger partial charge >= 0.3 is 0 Å². The van der Waals surface area contributed by atoms with E-state index in [4.69, 9.17) is 55.3 Å². The number of Topliss-reactive ketones (excluding diaryl/α,β-unsaturated/α-hetero) is 1. The number of aliphatic hydroxyl groups is 8. The molecule has 0 bridgehead atoms. The maximum Gasteiger partial charge on any atom is 0.294 e. The molecule has 10 heterocycles. The fourth-order valence-corrected chi connectivity index (χ4v) is 14.0. The zero-order chi connectivity index (χ0) is 74.6. The van der Waals surface area contributed by atoms with E-state index in [1.54, 1.807) is 0 Å². The van der Waals surface area contributed by atoms with Gasteiger partial charge in [-0.3, -0.25) is 65.2 Å². The van der Waals surface area contributed by atoms with Crippen LogP contribution < -0.4 is 51.3 Å². The molecule has 4 aliphatic heterocycles. The number of fused-ring (bicyclic) bond motifs is 2. The minimum Gasteiger partial charge on any atom is -0.756 e. The Morgan fingerprint density at radius 2 is 1.04 bits per heavy atom. The standard InChI is InChI=1S/C25H33N9O16P2.C24H34N8O17P2/c1-13(35)14-3-2-5-33(9-14)23-19(38)20(39)25(48-23)49-52(42,43)50-51(40,41)46-10-15-17(36)18(37)24(47-15)34-12-29-16-21(27-11-28-22(16)34)31-45-8-7-44-6-4-30-32-26;25-19(37)12-2-1-3-31(8-12)22-17(35)18(36)24(47-22)48-51(40,41)49-50(38,39)45-9-13-15(33)16(34)23(46-13)32-11-29-14-20(27-10-28-21(14)32)30-44-7-5-42-4-6-43-26/h2-3,5,9,11-12,15,17-20,23-25,36-39H,4,6-8,10H2,1H3,(H2-,27,28,31,40,41,42,43);1-3,8,10-11,13,15-18,22-24,33-36H,4-7,9,26H2,(H4-,25,27,28,30,37,38,39,40,41)/p-2/t15-,17?,18?,19?,20?,23+,24-,25+;13-,15?,16?,17?,18?,22+,23-,24+/m11/s1. The van der Waals surface area contributed by atoms with Crippen molar-refractivity contribution in [2.24, 2.45) is 16.7 Å². The van der Waals surface area contributed by atoms with E-state index in [1.807, 2.05) is 0 Å². The first-order valence-electron chi connectivity index (χ1n) is 29.7. The molecule has 0 aliphatic carbocycles. The number of aromatic nitrogens is 10. The summed E-state index contributed by atoms with van der Waals surface area (Å²) in [6, 6.07) is 5.59. The molecule has 0 saturated carbocycles. The minimum atomic E-state index is -5.90. The lowest BCUT2D eigenvalue weighted by Crippen LogP contribution is -2.46. The van der Waals surface area contributed by atoms with Crippen molar-refractivity contribution >= 4 is 76.9 Å². The number of nitrogens with two attached hydrogens (primary N) is 2. The summed E-state index contributed by atoms with van der Waals surface area (Å²) in [7, 11) is -23.4. The molecule has 14 N–H and O–H groups in total. The van der Waals surface area contributed by atoms with E-state index in [2.05, 4.69) is 82.4 Å². The predicted molar refractivity (Wildman–Crippen MR) is 318 cm³/mol. The minimum absolute atomic E-state index is 0.0156. The number of azide groups is 1. The summed E-state index contributed by atoms with van der Waals surface area (Å²) in [5.74, 6) is 3.98. The van der Waals surface area contributed by atoms with Crippen molar-refractivity contribution in [1.29, 1.82) is 0 Å². The second-order valence-electron chi connectivity index (χ2n) is 21.6. The lowest BCUT2D eigenvalue weighted by Gasteiger charge is -2.32. The molecule has 0 radical (unpaired) electrons. The van der Waals surface area contributed by atoms with Gasteiger partial charge in [0.2, 0.25) is 12.6 Å². The Balaban J connectivity index is 0.000000239. The maximum absolute atomic E-state index is 12.5. The number of hydrogen-bond donors (Lipinski definition) is 12. The van der Waals surface area contributed by atoms with Crippen molar-refractivity contribution in [3.05, 3.63) is 95.9 Å². The van der Waals surface area contributed by atoms with Crippen LogP contribution in [0.15, 0.2) is 79.5 Å². The number of phosphoric acid groups is 4. The van der Waals surface area contributed by atoms with E-state index in [1.165, 1.54) is 76.1 Å². The van der Waals surface area contributed by atoms with Crippen molar-refractivity contribution in [2.45, 2.75) is 105 Å². The number of anilines is 2. The number of nitrogens with one attached hydrogen (secondary N) is 2. The lowest BCUT2D eigenvalue weighted by molar-refractivity contribution is -0.767. The number of hydrogen-bond acceptors (Lipinski definition) is 43. The molecule has 50 nitrogen and oxygen atoms in total. The van der Waals surface area contributed by atoms with E-state index in [-0.39, 0.29) is 104 Å². The fraction of sp³-hybridized carbons (Fsp3) is 0.551.